The molecule has 0 spiro atoms. The molecule has 0 aliphatic carbocycles. The van der Waals surface area contributed by atoms with Crippen LogP contribution in [0.4, 0.5) is 0 Å². The van der Waals surface area contributed by atoms with Gasteiger partial charge in [0.1, 0.15) is 5.75 Å². The van der Waals surface area contributed by atoms with Crippen molar-refractivity contribution in [2.75, 3.05) is 6.54 Å². The van der Waals surface area contributed by atoms with E-state index in [9.17, 15) is 5.11 Å². The molecule has 1 aromatic rings. The van der Waals surface area contributed by atoms with Gasteiger partial charge in [-0.15, -0.1) is 12.4 Å². The Hall–Kier alpha value is -0.440. The first-order valence-corrected chi connectivity index (χ1v) is 4.37. The molecule has 4 heteroatoms. The van der Waals surface area contributed by atoms with E-state index in [1.54, 1.807) is 12.1 Å². The first-order chi connectivity index (χ1) is 5.77. The number of nitrogens with one attached hydrogen (secondary N) is 1. The van der Waals surface area contributed by atoms with Crippen LogP contribution in [-0.4, -0.2) is 11.7 Å². The Morgan fingerprint density at radius 2 is 2.15 bits per heavy atom. The maximum atomic E-state index is 9.47. The Balaban J connectivity index is 0.000000845. The van der Waals surface area contributed by atoms with Crippen molar-refractivity contribution in [1.82, 2.24) is 5.32 Å². The Bertz CT molecular complexity index is 300. The molecule has 2 rings (SSSR count). The molecule has 0 bridgehead atoms. The minimum Gasteiger partial charge on any atom is -0.508 e. The molecule has 2 N–H and O–H groups in total. The lowest BCUT2D eigenvalue weighted by molar-refractivity contribution is 0.364. The summed E-state index contributed by atoms with van der Waals surface area (Å²) in [5, 5.41) is 13.4. The standard InChI is InChI=1S/C9H10ClNO.ClH/c10-6-1-2-9(12)7(5-6)8-3-4-11-8;/h1-2,5,8,11-12H,3-4H2;1H/t8-;/m0./s1. The molecule has 0 radical (unpaired) electrons. The summed E-state index contributed by atoms with van der Waals surface area (Å²) < 4.78 is 0. The third kappa shape index (κ3) is 2.08. The van der Waals surface area contributed by atoms with Gasteiger partial charge in [-0.3, -0.25) is 0 Å². The van der Waals surface area contributed by atoms with Crippen molar-refractivity contribution >= 4 is 24.0 Å². The molecule has 0 aromatic heterocycles. The lowest BCUT2D eigenvalue weighted by Crippen LogP contribution is -2.34. The van der Waals surface area contributed by atoms with Crippen LogP contribution in [0.1, 0.15) is 18.0 Å². The molecule has 1 fully saturated rings. The van der Waals surface area contributed by atoms with Gasteiger partial charge in [0.2, 0.25) is 0 Å². The van der Waals surface area contributed by atoms with Gasteiger partial charge in [0.15, 0.2) is 0 Å². The third-order valence-electron chi connectivity index (χ3n) is 2.19. The summed E-state index contributed by atoms with van der Waals surface area (Å²) in [4.78, 5) is 0. The van der Waals surface area contributed by atoms with Gasteiger partial charge < -0.3 is 10.4 Å². The van der Waals surface area contributed by atoms with Crippen molar-refractivity contribution < 1.29 is 5.11 Å². The SMILES string of the molecule is Cl.Oc1ccc(Cl)cc1[C@@H]1CCN1. The first-order valence-electron chi connectivity index (χ1n) is 3.99. The molecule has 1 aliphatic heterocycles. The molecule has 1 heterocycles. The highest BCUT2D eigenvalue weighted by Crippen LogP contribution is 2.32. The van der Waals surface area contributed by atoms with Crippen molar-refractivity contribution in [3.05, 3.63) is 28.8 Å². The van der Waals surface area contributed by atoms with Gasteiger partial charge in [0.05, 0.1) is 0 Å². The lowest BCUT2D eigenvalue weighted by atomic mass is 9.97. The fourth-order valence-electron chi connectivity index (χ4n) is 1.36. The summed E-state index contributed by atoms with van der Waals surface area (Å²) in [5.74, 6) is 0.330. The highest BCUT2D eigenvalue weighted by Gasteiger charge is 2.21. The van der Waals surface area contributed by atoms with Crippen molar-refractivity contribution in [1.29, 1.82) is 0 Å². The molecule has 2 nitrogen and oxygen atoms in total. The topological polar surface area (TPSA) is 32.3 Å². The molecular formula is C9H11Cl2NO. The Morgan fingerprint density at radius 1 is 1.46 bits per heavy atom. The molecule has 72 valence electrons. The van der Waals surface area contributed by atoms with Gasteiger partial charge in [-0.1, -0.05) is 11.6 Å². The summed E-state index contributed by atoms with van der Waals surface area (Å²) in [6, 6.07) is 5.44. The normalized spacial score (nSPS) is 20.2. The van der Waals surface area contributed by atoms with Crippen LogP contribution in [0, 0.1) is 0 Å². The summed E-state index contributed by atoms with van der Waals surface area (Å²) in [6.45, 7) is 1.02. The van der Waals surface area contributed by atoms with E-state index in [4.69, 9.17) is 11.6 Å². The number of hydrogen-bond donors (Lipinski definition) is 2. The molecule has 13 heavy (non-hydrogen) atoms. The van der Waals surface area contributed by atoms with Crippen molar-refractivity contribution in [2.24, 2.45) is 0 Å². The predicted octanol–water partition coefficient (Wildman–Crippen LogP) is 2.50. The minimum absolute atomic E-state index is 0. The molecule has 1 aromatic carbocycles. The van der Waals surface area contributed by atoms with Crippen LogP contribution in [0.2, 0.25) is 5.02 Å². The molecule has 1 saturated heterocycles. The Labute approximate surface area is 88.3 Å². The molecular weight excluding hydrogens is 209 g/mol. The number of rotatable bonds is 1. The monoisotopic (exact) mass is 219 g/mol. The van der Waals surface area contributed by atoms with E-state index in [2.05, 4.69) is 5.32 Å². The second-order valence-corrected chi connectivity index (χ2v) is 3.43. The van der Waals surface area contributed by atoms with Crippen LogP contribution < -0.4 is 5.32 Å². The fourth-order valence-corrected chi connectivity index (χ4v) is 1.54. The van der Waals surface area contributed by atoms with E-state index in [0.717, 1.165) is 18.5 Å². The zero-order chi connectivity index (χ0) is 8.55. The van der Waals surface area contributed by atoms with Crippen LogP contribution in [0.3, 0.4) is 0 Å². The van der Waals surface area contributed by atoms with Gasteiger partial charge >= 0.3 is 0 Å². The molecule has 0 saturated carbocycles. The van der Waals surface area contributed by atoms with Crippen LogP contribution in [-0.2, 0) is 0 Å². The van der Waals surface area contributed by atoms with Crippen LogP contribution in [0.5, 0.6) is 5.75 Å². The van der Waals surface area contributed by atoms with Crippen molar-refractivity contribution in [3.63, 3.8) is 0 Å². The minimum atomic E-state index is 0. The number of aromatic hydroxyl groups is 1. The van der Waals surface area contributed by atoms with E-state index in [0.29, 0.717) is 16.8 Å². The molecule has 0 unspecified atom stereocenters. The average Bonchev–Trinajstić information content (AvgIpc) is 1.93. The van der Waals surface area contributed by atoms with Crippen LogP contribution >= 0.6 is 24.0 Å². The summed E-state index contributed by atoms with van der Waals surface area (Å²) in [5.41, 5.74) is 0.911. The second kappa shape index (κ2) is 4.18. The van der Waals surface area contributed by atoms with Crippen LogP contribution in [0.25, 0.3) is 0 Å². The van der Waals surface area contributed by atoms with E-state index in [1.165, 1.54) is 0 Å². The summed E-state index contributed by atoms with van der Waals surface area (Å²) in [7, 11) is 0. The zero-order valence-corrected chi connectivity index (χ0v) is 8.53. The Morgan fingerprint density at radius 3 is 2.69 bits per heavy atom. The molecule has 1 atom stereocenters. The zero-order valence-electron chi connectivity index (χ0n) is 6.96. The van der Waals surface area contributed by atoms with E-state index in [-0.39, 0.29) is 12.4 Å². The van der Waals surface area contributed by atoms with E-state index in [1.807, 2.05) is 6.07 Å². The highest BCUT2D eigenvalue weighted by molar-refractivity contribution is 6.30. The number of halogens is 2. The van der Waals surface area contributed by atoms with Gasteiger partial charge in [0, 0.05) is 16.6 Å². The highest BCUT2D eigenvalue weighted by atomic mass is 35.5. The summed E-state index contributed by atoms with van der Waals surface area (Å²) >= 11 is 5.80. The van der Waals surface area contributed by atoms with Gasteiger partial charge in [-0.05, 0) is 31.2 Å². The van der Waals surface area contributed by atoms with Gasteiger partial charge in [-0.25, -0.2) is 0 Å². The number of phenolic OH excluding ortho intramolecular Hbond substituents is 1. The van der Waals surface area contributed by atoms with Crippen molar-refractivity contribution in [2.45, 2.75) is 12.5 Å². The lowest BCUT2D eigenvalue weighted by Gasteiger charge is -2.28. The molecule has 0 amide bonds. The Kier molecular flexibility index (Phi) is 3.42. The van der Waals surface area contributed by atoms with Crippen molar-refractivity contribution in [3.8, 4) is 5.75 Å². The number of hydrogen-bond acceptors (Lipinski definition) is 2. The van der Waals surface area contributed by atoms with Crippen LogP contribution in [0.15, 0.2) is 18.2 Å². The van der Waals surface area contributed by atoms with E-state index < -0.39 is 0 Å². The van der Waals surface area contributed by atoms with Gasteiger partial charge in [0.25, 0.3) is 0 Å². The van der Waals surface area contributed by atoms with Gasteiger partial charge in [-0.2, -0.15) is 0 Å². The number of benzene rings is 1. The largest absolute Gasteiger partial charge is 0.508 e. The maximum Gasteiger partial charge on any atom is 0.120 e. The third-order valence-corrected chi connectivity index (χ3v) is 2.42. The fraction of sp³-hybridized carbons (Fsp3) is 0.333. The average molecular weight is 220 g/mol. The first kappa shape index (κ1) is 10.6. The predicted molar refractivity (Wildman–Crippen MR) is 55.7 cm³/mol. The number of phenols is 1. The smallest absolute Gasteiger partial charge is 0.120 e. The molecule has 1 aliphatic rings. The quantitative estimate of drug-likeness (QED) is 0.762. The maximum absolute atomic E-state index is 9.47. The second-order valence-electron chi connectivity index (χ2n) is 3.00. The van der Waals surface area contributed by atoms with E-state index >= 15 is 0 Å². The summed E-state index contributed by atoms with van der Waals surface area (Å²) in [6.07, 6.45) is 1.08.